The molecule has 2 unspecified atom stereocenters. The lowest BCUT2D eigenvalue weighted by atomic mass is 10.00. The standard InChI is InChI=1S/C13H16N2O2S/c1-9-8-18-13(15-9)11(7-14)12(16)5-4-10-3-2-6-17-10/h8,10-11H,2-6H2,1H3. The van der Waals surface area contributed by atoms with Crippen LogP contribution in [0.2, 0.25) is 0 Å². The van der Waals surface area contributed by atoms with Crippen LogP contribution in [0.3, 0.4) is 0 Å². The predicted molar refractivity (Wildman–Crippen MR) is 68.4 cm³/mol. The van der Waals surface area contributed by atoms with Gasteiger partial charge >= 0.3 is 0 Å². The van der Waals surface area contributed by atoms with E-state index in [4.69, 9.17) is 10.00 Å². The molecule has 0 aromatic carbocycles. The fraction of sp³-hybridized carbons (Fsp3) is 0.615. The fourth-order valence-corrected chi connectivity index (χ4v) is 2.95. The number of carbonyl (C=O) groups excluding carboxylic acids is 1. The van der Waals surface area contributed by atoms with Gasteiger partial charge in [0.2, 0.25) is 0 Å². The summed E-state index contributed by atoms with van der Waals surface area (Å²) in [5.41, 5.74) is 0.863. The maximum absolute atomic E-state index is 12.0. The van der Waals surface area contributed by atoms with Crippen molar-refractivity contribution >= 4 is 17.1 Å². The number of nitrogens with zero attached hydrogens (tertiary/aromatic N) is 2. The monoisotopic (exact) mass is 264 g/mol. The Kier molecular flexibility index (Phi) is 4.45. The van der Waals surface area contributed by atoms with Gasteiger partial charge in [-0.3, -0.25) is 4.79 Å². The summed E-state index contributed by atoms with van der Waals surface area (Å²) in [4.78, 5) is 16.3. The third-order valence-electron chi connectivity index (χ3n) is 3.07. The van der Waals surface area contributed by atoms with E-state index in [0.29, 0.717) is 11.4 Å². The van der Waals surface area contributed by atoms with Gasteiger partial charge in [0.1, 0.15) is 5.01 Å². The molecule has 1 aromatic rings. The molecule has 0 bridgehead atoms. The number of carbonyl (C=O) groups is 1. The summed E-state index contributed by atoms with van der Waals surface area (Å²) >= 11 is 1.38. The number of Topliss-reactive ketones (excluding diaryl/α,β-unsaturated/α-hetero) is 1. The molecule has 1 aliphatic rings. The lowest BCUT2D eigenvalue weighted by Gasteiger charge is -2.09. The molecule has 1 aromatic heterocycles. The number of thiazole rings is 1. The molecule has 0 aliphatic carbocycles. The zero-order valence-electron chi connectivity index (χ0n) is 10.4. The van der Waals surface area contributed by atoms with E-state index in [2.05, 4.69) is 11.1 Å². The van der Waals surface area contributed by atoms with Crippen LogP contribution >= 0.6 is 11.3 Å². The van der Waals surface area contributed by atoms with Crippen LogP contribution in [0.1, 0.15) is 42.3 Å². The molecular formula is C13H16N2O2S. The minimum absolute atomic E-state index is 0.0395. The third-order valence-corrected chi connectivity index (χ3v) is 4.10. The van der Waals surface area contributed by atoms with Crippen molar-refractivity contribution in [2.24, 2.45) is 0 Å². The highest BCUT2D eigenvalue weighted by atomic mass is 32.1. The predicted octanol–water partition coefficient (Wildman–Crippen LogP) is 2.59. The molecule has 2 atom stereocenters. The normalized spacial score (nSPS) is 20.6. The van der Waals surface area contributed by atoms with Gasteiger partial charge in [0.25, 0.3) is 0 Å². The number of nitriles is 1. The van der Waals surface area contributed by atoms with Crippen LogP contribution in [-0.2, 0) is 9.53 Å². The molecule has 1 aliphatic heterocycles. The van der Waals surface area contributed by atoms with Gasteiger partial charge in [0, 0.05) is 24.1 Å². The van der Waals surface area contributed by atoms with Crippen molar-refractivity contribution in [2.75, 3.05) is 6.61 Å². The van der Waals surface area contributed by atoms with Gasteiger partial charge in [-0.25, -0.2) is 4.98 Å². The Labute approximate surface area is 111 Å². The van der Waals surface area contributed by atoms with Crippen molar-refractivity contribution in [1.29, 1.82) is 5.26 Å². The zero-order valence-corrected chi connectivity index (χ0v) is 11.2. The van der Waals surface area contributed by atoms with Gasteiger partial charge in [0.05, 0.1) is 12.2 Å². The maximum atomic E-state index is 12.0. The summed E-state index contributed by atoms with van der Waals surface area (Å²) < 4.78 is 5.48. The third kappa shape index (κ3) is 3.15. The van der Waals surface area contributed by atoms with Crippen molar-refractivity contribution in [3.05, 3.63) is 16.1 Å². The summed E-state index contributed by atoms with van der Waals surface area (Å²) in [6.45, 7) is 2.66. The van der Waals surface area contributed by atoms with E-state index in [-0.39, 0.29) is 11.9 Å². The minimum atomic E-state index is -0.704. The highest BCUT2D eigenvalue weighted by Gasteiger charge is 2.25. The molecule has 5 heteroatoms. The van der Waals surface area contributed by atoms with E-state index in [1.54, 1.807) is 0 Å². The Bertz CT molecular complexity index is 458. The molecule has 0 spiro atoms. The largest absolute Gasteiger partial charge is 0.378 e. The van der Waals surface area contributed by atoms with E-state index in [1.807, 2.05) is 12.3 Å². The molecule has 0 N–H and O–H groups in total. The van der Waals surface area contributed by atoms with E-state index >= 15 is 0 Å². The fourth-order valence-electron chi connectivity index (χ4n) is 2.09. The number of aromatic nitrogens is 1. The van der Waals surface area contributed by atoms with Crippen molar-refractivity contribution in [3.8, 4) is 6.07 Å². The van der Waals surface area contributed by atoms with Crippen LogP contribution in [-0.4, -0.2) is 23.5 Å². The smallest absolute Gasteiger partial charge is 0.157 e. The number of aryl methyl sites for hydroxylation is 1. The maximum Gasteiger partial charge on any atom is 0.157 e. The van der Waals surface area contributed by atoms with Gasteiger partial charge in [-0.15, -0.1) is 11.3 Å². The van der Waals surface area contributed by atoms with Crippen molar-refractivity contribution in [3.63, 3.8) is 0 Å². The second-order valence-electron chi connectivity index (χ2n) is 4.53. The molecule has 96 valence electrons. The quantitative estimate of drug-likeness (QED) is 0.820. The number of ketones is 1. The van der Waals surface area contributed by atoms with Crippen LogP contribution < -0.4 is 0 Å². The number of hydrogen-bond acceptors (Lipinski definition) is 5. The highest BCUT2D eigenvalue weighted by molar-refractivity contribution is 7.09. The van der Waals surface area contributed by atoms with E-state index < -0.39 is 5.92 Å². The first-order valence-electron chi connectivity index (χ1n) is 6.16. The number of hydrogen-bond donors (Lipinski definition) is 0. The summed E-state index contributed by atoms with van der Waals surface area (Å²) in [6.07, 6.45) is 3.43. The van der Waals surface area contributed by atoms with Gasteiger partial charge in [-0.05, 0) is 26.2 Å². The highest BCUT2D eigenvalue weighted by Crippen LogP contribution is 2.24. The van der Waals surface area contributed by atoms with Crippen LogP contribution in [0.15, 0.2) is 5.38 Å². The van der Waals surface area contributed by atoms with Gasteiger partial charge in [0.15, 0.2) is 11.7 Å². The molecule has 1 fully saturated rings. The first-order chi connectivity index (χ1) is 8.70. The van der Waals surface area contributed by atoms with E-state index in [0.717, 1.165) is 31.6 Å². The Morgan fingerprint density at radius 2 is 2.61 bits per heavy atom. The first-order valence-corrected chi connectivity index (χ1v) is 7.04. The number of ether oxygens (including phenoxy) is 1. The molecule has 2 heterocycles. The first kappa shape index (κ1) is 13.2. The number of rotatable bonds is 5. The van der Waals surface area contributed by atoms with Crippen LogP contribution in [0.4, 0.5) is 0 Å². The second kappa shape index (κ2) is 6.07. The molecule has 0 amide bonds. The lowest BCUT2D eigenvalue weighted by Crippen LogP contribution is -2.14. The molecule has 4 nitrogen and oxygen atoms in total. The molecule has 18 heavy (non-hydrogen) atoms. The van der Waals surface area contributed by atoms with Crippen LogP contribution in [0.25, 0.3) is 0 Å². The van der Waals surface area contributed by atoms with Crippen molar-refractivity contribution < 1.29 is 9.53 Å². The van der Waals surface area contributed by atoms with Crippen molar-refractivity contribution in [2.45, 2.75) is 44.6 Å². The Morgan fingerprint density at radius 1 is 1.78 bits per heavy atom. The van der Waals surface area contributed by atoms with Crippen LogP contribution in [0.5, 0.6) is 0 Å². The molecule has 0 saturated carbocycles. The Hall–Kier alpha value is -1.25. The Morgan fingerprint density at radius 3 is 3.17 bits per heavy atom. The van der Waals surface area contributed by atoms with E-state index in [1.165, 1.54) is 11.3 Å². The summed E-state index contributed by atoms with van der Waals surface area (Å²) in [7, 11) is 0. The lowest BCUT2D eigenvalue weighted by molar-refractivity contribution is -0.120. The van der Waals surface area contributed by atoms with Gasteiger partial charge in [-0.1, -0.05) is 0 Å². The molecule has 2 rings (SSSR count). The zero-order chi connectivity index (χ0) is 13.0. The molecular weight excluding hydrogens is 248 g/mol. The van der Waals surface area contributed by atoms with Crippen LogP contribution in [0, 0.1) is 18.3 Å². The van der Waals surface area contributed by atoms with Gasteiger partial charge < -0.3 is 4.74 Å². The summed E-state index contributed by atoms with van der Waals surface area (Å²) in [5, 5.41) is 11.6. The second-order valence-corrected chi connectivity index (χ2v) is 5.42. The summed E-state index contributed by atoms with van der Waals surface area (Å²) in [5.74, 6) is -0.743. The average molecular weight is 264 g/mol. The minimum Gasteiger partial charge on any atom is -0.378 e. The van der Waals surface area contributed by atoms with Crippen molar-refractivity contribution in [1.82, 2.24) is 4.98 Å². The molecule has 1 saturated heterocycles. The average Bonchev–Trinajstić information content (AvgIpc) is 2.99. The van der Waals surface area contributed by atoms with Gasteiger partial charge in [-0.2, -0.15) is 5.26 Å². The Balaban J connectivity index is 1.91. The molecule has 0 radical (unpaired) electrons. The topological polar surface area (TPSA) is 63.0 Å². The SMILES string of the molecule is Cc1csc(C(C#N)C(=O)CCC2CCCO2)n1. The summed E-state index contributed by atoms with van der Waals surface area (Å²) in [6, 6.07) is 2.06. The van der Waals surface area contributed by atoms with E-state index in [9.17, 15) is 4.79 Å².